The summed E-state index contributed by atoms with van der Waals surface area (Å²) < 4.78 is 50.5. The van der Waals surface area contributed by atoms with Crippen molar-refractivity contribution in [2.24, 2.45) is 5.92 Å². The molecule has 1 saturated heterocycles. The number of aromatic amines is 1. The van der Waals surface area contributed by atoms with Crippen molar-refractivity contribution >= 4 is 28.5 Å². The van der Waals surface area contributed by atoms with Crippen LogP contribution in [-0.4, -0.2) is 48.0 Å². The minimum atomic E-state index is -4.59. The van der Waals surface area contributed by atoms with Gasteiger partial charge in [0, 0.05) is 22.3 Å². The number of benzene rings is 2. The number of hydrogen-bond acceptors (Lipinski definition) is 6. The quantitative estimate of drug-likeness (QED) is 0.510. The molecule has 2 atom stereocenters. The zero-order valence-corrected chi connectivity index (χ0v) is 18.5. The van der Waals surface area contributed by atoms with Crippen LogP contribution in [0.4, 0.5) is 23.7 Å². The monoisotopic (exact) mass is 490 g/mol. The molecule has 2 N–H and O–H groups in total. The summed E-state index contributed by atoms with van der Waals surface area (Å²) in [7, 11) is 0. The number of anilines is 1. The average Bonchev–Trinajstić information content (AvgIpc) is 3.21. The van der Waals surface area contributed by atoms with E-state index >= 15 is 0 Å². The smallest absolute Gasteiger partial charge is 0.417 e. The van der Waals surface area contributed by atoms with Gasteiger partial charge in [-0.3, -0.25) is 14.5 Å². The summed E-state index contributed by atoms with van der Waals surface area (Å²) >= 11 is 0. The summed E-state index contributed by atoms with van der Waals surface area (Å²) in [4.78, 5) is 40.6. The summed E-state index contributed by atoms with van der Waals surface area (Å²) in [6.07, 6.45) is -6.04. The van der Waals surface area contributed by atoms with Gasteiger partial charge < -0.3 is 19.6 Å². The third-order valence-electron chi connectivity index (χ3n) is 5.63. The molecule has 0 bridgehead atoms. The number of hydrogen-bond donors (Lipinski definition) is 2. The molecule has 11 heteroatoms. The molecule has 35 heavy (non-hydrogen) atoms. The first kappa shape index (κ1) is 24.3. The van der Waals surface area contributed by atoms with Crippen molar-refractivity contribution < 1.29 is 37.3 Å². The second-order valence-electron chi connectivity index (χ2n) is 8.16. The van der Waals surface area contributed by atoms with Gasteiger partial charge in [0.25, 0.3) is 5.56 Å². The lowest BCUT2D eigenvalue weighted by Crippen LogP contribution is -2.28. The second kappa shape index (κ2) is 9.41. The normalized spacial score (nSPS) is 16.9. The van der Waals surface area contributed by atoms with E-state index in [1.807, 2.05) is 0 Å². The topological polar surface area (TPSA) is 109 Å². The molecule has 0 unspecified atom stereocenters. The molecule has 184 valence electrons. The third kappa shape index (κ3) is 4.99. The first-order valence-electron chi connectivity index (χ1n) is 10.7. The predicted octanol–water partition coefficient (Wildman–Crippen LogP) is 3.71. The van der Waals surface area contributed by atoms with Crippen LogP contribution in [0.5, 0.6) is 0 Å². The Morgan fingerprint density at radius 3 is 2.69 bits per heavy atom. The van der Waals surface area contributed by atoms with Crippen LogP contribution >= 0.6 is 0 Å². The van der Waals surface area contributed by atoms with Gasteiger partial charge in [0.2, 0.25) is 0 Å². The zero-order valence-electron chi connectivity index (χ0n) is 18.5. The van der Waals surface area contributed by atoms with Gasteiger partial charge in [-0.25, -0.2) is 4.79 Å². The van der Waals surface area contributed by atoms with E-state index in [4.69, 9.17) is 14.6 Å². The Hall–Kier alpha value is -3.86. The Bertz CT molecular complexity index is 1340. The zero-order chi connectivity index (χ0) is 25.3. The van der Waals surface area contributed by atoms with Crippen molar-refractivity contribution in [1.29, 1.82) is 0 Å². The molecule has 2 heterocycles. The number of alkyl halides is 3. The lowest BCUT2D eigenvalue weighted by molar-refractivity contribution is -0.151. The number of nitrogens with zero attached hydrogens (tertiary/aromatic N) is 1. The van der Waals surface area contributed by atoms with Crippen LogP contribution in [-0.2, 0) is 20.4 Å². The van der Waals surface area contributed by atoms with Gasteiger partial charge in [0.1, 0.15) is 6.61 Å². The number of pyridine rings is 1. The van der Waals surface area contributed by atoms with Gasteiger partial charge in [-0.2, -0.15) is 13.2 Å². The Balaban J connectivity index is 1.59. The van der Waals surface area contributed by atoms with Crippen molar-refractivity contribution in [2.45, 2.75) is 19.2 Å². The number of aliphatic hydroxyl groups is 1. The maximum absolute atomic E-state index is 13.4. The number of esters is 1. The van der Waals surface area contributed by atoms with Crippen LogP contribution in [0, 0.1) is 5.92 Å². The molecule has 1 aromatic heterocycles. The molecule has 2 aromatic carbocycles. The number of rotatable bonds is 6. The molecule has 8 nitrogen and oxygen atoms in total. The first-order chi connectivity index (χ1) is 16.6. The fourth-order valence-corrected chi connectivity index (χ4v) is 3.74. The Morgan fingerprint density at radius 2 is 1.97 bits per heavy atom. The van der Waals surface area contributed by atoms with E-state index in [0.29, 0.717) is 11.1 Å². The molecule has 0 spiro atoms. The highest BCUT2D eigenvalue weighted by Crippen LogP contribution is 2.36. The molecule has 0 aliphatic carbocycles. The Morgan fingerprint density at radius 1 is 1.23 bits per heavy atom. The molecule has 4 rings (SSSR count). The van der Waals surface area contributed by atoms with Crippen molar-refractivity contribution in [2.75, 3.05) is 24.7 Å². The summed E-state index contributed by atoms with van der Waals surface area (Å²) in [5.74, 6) is -1.33. The van der Waals surface area contributed by atoms with Crippen LogP contribution in [0.3, 0.4) is 0 Å². The van der Waals surface area contributed by atoms with Gasteiger partial charge in [-0.15, -0.1) is 0 Å². The van der Waals surface area contributed by atoms with Gasteiger partial charge in [0.05, 0.1) is 24.6 Å². The standard InChI is InChI=1S/C24H21F3N2O6/c1-13(11-30)22(32)34-12-16-10-29(23(33)35-16)15-7-6-14-8-20(28-21(31)18(14)9-15)17-4-2-3-5-19(17)24(25,26)27/h2-9,13,16,30H,10-12H2,1H3,(H,28,31)/t13-,16+/m1/s1. The average molecular weight is 490 g/mol. The largest absolute Gasteiger partial charge is 0.461 e. The maximum Gasteiger partial charge on any atom is 0.417 e. The number of aliphatic hydroxyl groups excluding tert-OH is 1. The molecular formula is C24H21F3N2O6. The number of nitrogens with one attached hydrogen (secondary N) is 1. The van der Waals surface area contributed by atoms with E-state index in [1.165, 1.54) is 48.2 Å². The molecule has 0 radical (unpaired) electrons. The number of H-pyrrole nitrogens is 1. The lowest BCUT2D eigenvalue weighted by atomic mass is 10.0. The fraction of sp³-hybridized carbons (Fsp3) is 0.292. The number of aromatic nitrogens is 1. The van der Waals surface area contributed by atoms with Crippen molar-refractivity contribution in [3.63, 3.8) is 0 Å². The lowest BCUT2D eigenvalue weighted by Gasteiger charge is -2.15. The van der Waals surface area contributed by atoms with E-state index in [9.17, 15) is 27.6 Å². The molecule has 1 amide bonds. The summed E-state index contributed by atoms with van der Waals surface area (Å²) in [5, 5.41) is 9.56. The predicted molar refractivity (Wildman–Crippen MR) is 120 cm³/mol. The van der Waals surface area contributed by atoms with Crippen molar-refractivity contribution in [1.82, 2.24) is 4.98 Å². The van der Waals surface area contributed by atoms with E-state index in [0.717, 1.165) is 6.07 Å². The van der Waals surface area contributed by atoms with Crippen molar-refractivity contribution in [3.8, 4) is 11.3 Å². The van der Waals surface area contributed by atoms with E-state index in [2.05, 4.69) is 4.98 Å². The number of cyclic esters (lactones) is 1. The fourth-order valence-electron chi connectivity index (χ4n) is 3.74. The van der Waals surface area contributed by atoms with Crippen LogP contribution in [0.1, 0.15) is 12.5 Å². The van der Waals surface area contributed by atoms with Crippen molar-refractivity contribution in [3.05, 3.63) is 64.4 Å². The Labute approximate surface area is 196 Å². The highest BCUT2D eigenvalue weighted by Gasteiger charge is 2.35. The molecular weight excluding hydrogens is 469 g/mol. The second-order valence-corrected chi connectivity index (χ2v) is 8.16. The number of fused-ring (bicyclic) bond motifs is 1. The number of halogens is 3. The van der Waals surface area contributed by atoms with Gasteiger partial charge in [0.15, 0.2) is 6.10 Å². The first-order valence-corrected chi connectivity index (χ1v) is 10.7. The minimum absolute atomic E-state index is 0.0164. The Kier molecular flexibility index (Phi) is 6.53. The van der Waals surface area contributed by atoms with Crippen LogP contribution in [0.15, 0.2) is 53.3 Å². The molecule has 1 fully saturated rings. The SMILES string of the molecule is C[C@H](CO)C(=O)OC[C@@H]1CN(c2ccc3cc(-c4ccccc4C(F)(F)F)[nH]c(=O)c3c2)C(=O)O1. The highest BCUT2D eigenvalue weighted by atomic mass is 19.4. The number of amides is 1. The van der Waals surface area contributed by atoms with E-state index in [1.54, 1.807) is 6.07 Å². The number of ether oxygens (including phenoxy) is 2. The third-order valence-corrected chi connectivity index (χ3v) is 5.63. The molecule has 3 aromatic rings. The molecule has 1 aliphatic heterocycles. The van der Waals surface area contributed by atoms with Crippen LogP contribution < -0.4 is 10.5 Å². The summed E-state index contributed by atoms with van der Waals surface area (Å²) in [6.45, 7) is 0.987. The van der Waals surface area contributed by atoms with Gasteiger partial charge >= 0.3 is 18.2 Å². The molecule has 1 aliphatic rings. The summed E-state index contributed by atoms with van der Waals surface area (Å²) in [6, 6.07) is 10.9. The number of carbonyl (C=O) groups is 2. The van der Waals surface area contributed by atoms with Gasteiger partial charge in [-0.1, -0.05) is 24.3 Å². The highest BCUT2D eigenvalue weighted by molar-refractivity contribution is 5.94. The number of carbonyl (C=O) groups excluding carboxylic acids is 2. The van der Waals surface area contributed by atoms with E-state index < -0.39 is 41.4 Å². The van der Waals surface area contributed by atoms with Crippen LogP contribution in [0.25, 0.3) is 22.0 Å². The maximum atomic E-state index is 13.4. The summed E-state index contributed by atoms with van der Waals surface area (Å²) in [5.41, 5.74) is -1.28. The van der Waals surface area contributed by atoms with Gasteiger partial charge in [-0.05, 0) is 36.6 Å². The minimum Gasteiger partial charge on any atom is -0.461 e. The molecule has 0 saturated carbocycles. The van der Waals surface area contributed by atoms with Crippen LogP contribution in [0.2, 0.25) is 0 Å². The van der Waals surface area contributed by atoms with E-state index in [-0.39, 0.29) is 36.4 Å².